The molecule has 0 bridgehead atoms. The van der Waals surface area contributed by atoms with Gasteiger partial charge in [-0.2, -0.15) is 0 Å². The van der Waals surface area contributed by atoms with Gasteiger partial charge in [0.2, 0.25) is 0 Å². The van der Waals surface area contributed by atoms with Crippen LogP contribution in [-0.4, -0.2) is 29.8 Å². The molecular weight excluding hydrogens is 218 g/mol. The fourth-order valence-corrected chi connectivity index (χ4v) is 1.91. The standard InChI is InChI=1S/C13H17NO3/c1-9(15)7-8-14-11-5-3-4-6-12(11)17-10(2)13(14)16/h3-6,9-10,15H,7-8H2,1-2H3. The summed E-state index contributed by atoms with van der Waals surface area (Å²) in [5, 5.41) is 9.31. The van der Waals surface area contributed by atoms with Crippen LogP contribution in [0.25, 0.3) is 0 Å². The highest BCUT2D eigenvalue weighted by molar-refractivity contribution is 5.99. The average molecular weight is 235 g/mol. The molecule has 0 fully saturated rings. The number of hydrogen-bond donors (Lipinski definition) is 1. The molecule has 2 atom stereocenters. The zero-order valence-electron chi connectivity index (χ0n) is 10.1. The molecule has 1 aromatic carbocycles. The van der Waals surface area contributed by atoms with Crippen LogP contribution in [0.2, 0.25) is 0 Å². The van der Waals surface area contributed by atoms with E-state index < -0.39 is 12.2 Å². The highest BCUT2D eigenvalue weighted by atomic mass is 16.5. The van der Waals surface area contributed by atoms with Gasteiger partial charge in [0, 0.05) is 6.54 Å². The lowest BCUT2D eigenvalue weighted by Gasteiger charge is -2.33. The summed E-state index contributed by atoms with van der Waals surface area (Å²) in [5.74, 6) is 0.676. The Balaban J connectivity index is 2.26. The van der Waals surface area contributed by atoms with Crippen LogP contribution in [0, 0.1) is 0 Å². The van der Waals surface area contributed by atoms with Crippen LogP contribution in [0.4, 0.5) is 5.69 Å². The lowest BCUT2D eigenvalue weighted by molar-refractivity contribution is -0.125. The van der Waals surface area contributed by atoms with Crippen LogP contribution in [0.5, 0.6) is 5.75 Å². The molecule has 1 aliphatic heterocycles. The smallest absolute Gasteiger partial charge is 0.267 e. The van der Waals surface area contributed by atoms with E-state index in [1.54, 1.807) is 18.7 Å². The normalized spacial score (nSPS) is 20.8. The SMILES string of the molecule is CC(O)CCN1C(=O)C(C)Oc2ccccc21. The Morgan fingerprint density at radius 2 is 2.18 bits per heavy atom. The summed E-state index contributed by atoms with van der Waals surface area (Å²) in [6.45, 7) is 3.98. The number of carbonyl (C=O) groups excluding carboxylic acids is 1. The molecule has 4 heteroatoms. The fourth-order valence-electron chi connectivity index (χ4n) is 1.91. The van der Waals surface area contributed by atoms with E-state index in [2.05, 4.69) is 0 Å². The highest BCUT2D eigenvalue weighted by Crippen LogP contribution is 2.33. The van der Waals surface area contributed by atoms with Crippen molar-refractivity contribution in [2.45, 2.75) is 32.5 Å². The van der Waals surface area contributed by atoms with E-state index in [-0.39, 0.29) is 5.91 Å². The van der Waals surface area contributed by atoms with Crippen molar-refractivity contribution in [1.82, 2.24) is 0 Å². The van der Waals surface area contributed by atoms with E-state index in [9.17, 15) is 9.90 Å². The quantitative estimate of drug-likeness (QED) is 0.865. The number of fused-ring (bicyclic) bond motifs is 1. The van der Waals surface area contributed by atoms with Crippen molar-refractivity contribution in [3.63, 3.8) is 0 Å². The van der Waals surface area contributed by atoms with Crippen molar-refractivity contribution in [3.05, 3.63) is 24.3 Å². The van der Waals surface area contributed by atoms with Crippen LogP contribution >= 0.6 is 0 Å². The topological polar surface area (TPSA) is 49.8 Å². The van der Waals surface area contributed by atoms with Crippen molar-refractivity contribution >= 4 is 11.6 Å². The average Bonchev–Trinajstić information content (AvgIpc) is 2.29. The molecule has 0 saturated heterocycles. The third-order valence-corrected chi connectivity index (χ3v) is 2.84. The molecule has 1 heterocycles. The van der Waals surface area contributed by atoms with E-state index in [4.69, 9.17) is 4.74 Å². The molecule has 1 aliphatic rings. The van der Waals surface area contributed by atoms with Gasteiger partial charge in [-0.1, -0.05) is 12.1 Å². The molecule has 0 aromatic heterocycles. The van der Waals surface area contributed by atoms with Gasteiger partial charge in [-0.15, -0.1) is 0 Å². The Hall–Kier alpha value is -1.55. The van der Waals surface area contributed by atoms with Gasteiger partial charge in [0.25, 0.3) is 5.91 Å². The van der Waals surface area contributed by atoms with Gasteiger partial charge in [-0.3, -0.25) is 4.79 Å². The van der Waals surface area contributed by atoms with E-state index in [0.29, 0.717) is 13.0 Å². The third-order valence-electron chi connectivity index (χ3n) is 2.84. The Morgan fingerprint density at radius 1 is 1.47 bits per heavy atom. The number of aliphatic hydroxyl groups is 1. The minimum atomic E-state index is -0.459. The number of hydrogen-bond acceptors (Lipinski definition) is 3. The molecule has 92 valence electrons. The number of carbonyl (C=O) groups is 1. The Morgan fingerprint density at radius 3 is 2.88 bits per heavy atom. The summed E-state index contributed by atoms with van der Waals surface area (Å²) in [7, 11) is 0. The second kappa shape index (κ2) is 4.75. The van der Waals surface area contributed by atoms with Crippen molar-refractivity contribution in [2.75, 3.05) is 11.4 Å². The second-order valence-electron chi connectivity index (χ2n) is 4.36. The number of rotatable bonds is 3. The Bertz CT molecular complexity index is 417. The maximum atomic E-state index is 12.0. The monoisotopic (exact) mass is 235 g/mol. The maximum Gasteiger partial charge on any atom is 0.267 e. The number of nitrogens with zero attached hydrogens (tertiary/aromatic N) is 1. The van der Waals surface area contributed by atoms with E-state index >= 15 is 0 Å². The first-order chi connectivity index (χ1) is 8.09. The van der Waals surface area contributed by atoms with E-state index in [1.165, 1.54) is 0 Å². The number of para-hydroxylation sites is 2. The van der Waals surface area contributed by atoms with Gasteiger partial charge in [0.05, 0.1) is 11.8 Å². The zero-order valence-corrected chi connectivity index (χ0v) is 10.1. The molecule has 1 amide bonds. The lowest BCUT2D eigenvalue weighted by atomic mass is 10.1. The number of amides is 1. The number of ether oxygens (including phenoxy) is 1. The van der Waals surface area contributed by atoms with Crippen molar-refractivity contribution < 1.29 is 14.6 Å². The molecule has 0 spiro atoms. The van der Waals surface area contributed by atoms with Gasteiger partial charge in [0.15, 0.2) is 6.10 Å². The van der Waals surface area contributed by atoms with Gasteiger partial charge in [-0.25, -0.2) is 0 Å². The van der Waals surface area contributed by atoms with Crippen LogP contribution in [0.15, 0.2) is 24.3 Å². The van der Waals surface area contributed by atoms with Crippen LogP contribution in [0.1, 0.15) is 20.3 Å². The van der Waals surface area contributed by atoms with Crippen molar-refractivity contribution in [3.8, 4) is 5.75 Å². The first kappa shape index (κ1) is 11.9. The van der Waals surface area contributed by atoms with Gasteiger partial charge < -0.3 is 14.7 Å². The summed E-state index contributed by atoms with van der Waals surface area (Å²) < 4.78 is 5.53. The first-order valence-electron chi connectivity index (χ1n) is 5.84. The van der Waals surface area contributed by atoms with Gasteiger partial charge >= 0.3 is 0 Å². The summed E-state index contributed by atoms with van der Waals surface area (Å²) in [6.07, 6.45) is -0.306. The first-order valence-corrected chi connectivity index (χ1v) is 5.84. The molecule has 2 unspecified atom stereocenters. The predicted molar refractivity (Wildman–Crippen MR) is 65.2 cm³/mol. The zero-order chi connectivity index (χ0) is 12.4. The summed E-state index contributed by atoms with van der Waals surface area (Å²) in [6, 6.07) is 7.48. The number of anilines is 1. The Labute approximate surface area is 101 Å². The molecule has 1 aromatic rings. The van der Waals surface area contributed by atoms with Crippen LogP contribution in [-0.2, 0) is 4.79 Å². The third kappa shape index (κ3) is 2.42. The van der Waals surface area contributed by atoms with Crippen LogP contribution < -0.4 is 9.64 Å². The van der Waals surface area contributed by atoms with E-state index in [1.807, 2.05) is 24.3 Å². The Kier molecular flexibility index (Phi) is 3.33. The number of aliphatic hydroxyl groups excluding tert-OH is 1. The molecule has 0 saturated carbocycles. The van der Waals surface area contributed by atoms with Crippen molar-refractivity contribution in [1.29, 1.82) is 0 Å². The van der Waals surface area contributed by atoms with Crippen LogP contribution in [0.3, 0.4) is 0 Å². The van der Waals surface area contributed by atoms with Gasteiger partial charge in [0.1, 0.15) is 5.75 Å². The maximum absolute atomic E-state index is 12.0. The second-order valence-corrected chi connectivity index (χ2v) is 4.36. The molecule has 4 nitrogen and oxygen atoms in total. The summed E-state index contributed by atoms with van der Waals surface area (Å²) in [4.78, 5) is 13.7. The molecule has 1 N–H and O–H groups in total. The molecule has 0 radical (unpaired) electrons. The minimum absolute atomic E-state index is 0.0515. The molecular formula is C13H17NO3. The van der Waals surface area contributed by atoms with E-state index in [0.717, 1.165) is 11.4 Å². The fraction of sp³-hybridized carbons (Fsp3) is 0.462. The predicted octanol–water partition coefficient (Wildman–Crippen LogP) is 1.57. The molecule has 2 rings (SSSR count). The number of benzene rings is 1. The van der Waals surface area contributed by atoms with Crippen molar-refractivity contribution in [2.24, 2.45) is 0 Å². The highest BCUT2D eigenvalue weighted by Gasteiger charge is 2.30. The molecule has 0 aliphatic carbocycles. The summed E-state index contributed by atoms with van der Waals surface area (Å²) >= 11 is 0. The largest absolute Gasteiger partial charge is 0.479 e. The summed E-state index contributed by atoms with van der Waals surface area (Å²) in [5.41, 5.74) is 0.788. The lowest BCUT2D eigenvalue weighted by Crippen LogP contribution is -2.45. The van der Waals surface area contributed by atoms with Gasteiger partial charge in [-0.05, 0) is 32.4 Å². The molecule has 17 heavy (non-hydrogen) atoms. The minimum Gasteiger partial charge on any atom is -0.479 e.